The smallest absolute Gasteiger partial charge is 0.266 e. The number of hydrogen-bond acceptors (Lipinski definition) is 4. The minimum absolute atomic E-state index is 0.00940. The van der Waals surface area contributed by atoms with Crippen LogP contribution in [0.25, 0.3) is 10.1 Å². The highest BCUT2D eigenvalue weighted by molar-refractivity contribution is 9.10. The molecule has 1 aromatic carbocycles. The van der Waals surface area contributed by atoms with E-state index in [1.807, 2.05) is 23.1 Å². The van der Waals surface area contributed by atoms with Crippen LogP contribution in [0.1, 0.15) is 16.1 Å². The largest absolute Gasteiger partial charge is 0.397 e. The Morgan fingerprint density at radius 1 is 1.55 bits per heavy atom. The molecule has 6 heteroatoms. The van der Waals surface area contributed by atoms with Crippen LogP contribution in [0.5, 0.6) is 0 Å². The van der Waals surface area contributed by atoms with Crippen molar-refractivity contribution in [3.05, 3.63) is 27.5 Å². The molecule has 20 heavy (non-hydrogen) atoms. The van der Waals surface area contributed by atoms with Crippen LogP contribution < -0.4 is 5.73 Å². The minimum Gasteiger partial charge on any atom is -0.397 e. The lowest BCUT2D eigenvalue weighted by molar-refractivity contribution is 0.0729. The third-order valence-corrected chi connectivity index (χ3v) is 5.48. The monoisotopic (exact) mass is 354 g/mol. The number of hydrogen-bond donors (Lipinski definition) is 1. The predicted molar refractivity (Wildman–Crippen MR) is 85.3 cm³/mol. The number of nitrogens with two attached hydrogens (primary N) is 1. The minimum atomic E-state index is 0.00940. The first-order valence-corrected chi connectivity index (χ1v) is 8.01. The number of likely N-dealkylation sites (tertiary alicyclic amines) is 1. The van der Waals surface area contributed by atoms with Gasteiger partial charge in [-0.15, -0.1) is 11.3 Å². The molecule has 106 valence electrons. The normalized spacial score (nSPS) is 18.9. The topological polar surface area (TPSA) is 55.6 Å². The zero-order valence-corrected chi connectivity index (χ0v) is 13.5. The third-order valence-electron chi connectivity index (χ3n) is 3.66. The van der Waals surface area contributed by atoms with E-state index in [1.165, 1.54) is 11.3 Å². The first-order valence-electron chi connectivity index (χ1n) is 6.40. The van der Waals surface area contributed by atoms with E-state index >= 15 is 0 Å². The molecule has 2 heterocycles. The number of nitrogen functional groups attached to an aromatic ring is 1. The van der Waals surface area contributed by atoms with E-state index in [-0.39, 0.29) is 12.0 Å². The Labute approximate surface area is 129 Å². The summed E-state index contributed by atoms with van der Waals surface area (Å²) in [7, 11) is 1.68. The van der Waals surface area contributed by atoms with E-state index in [0.29, 0.717) is 17.1 Å². The maximum absolute atomic E-state index is 12.6. The molecule has 1 saturated heterocycles. The van der Waals surface area contributed by atoms with Gasteiger partial charge in [0.25, 0.3) is 5.91 Å². The lowest BCUT2D eigenvalue weighted by Gasteiger charge is -2.15. The van der Waals surface area contributed by atoms with E-state index in [0.717, 1.165) is 27.5 Å². The number of thiophene rings is 1. The van der Waals surface area contributed by atoms with Gasteiger partial charge in [0.1, 0.15) is 4.88 Å². The van der Waals surface area contributed by atoms with Crippen LogP contribution in [0, 0.1) is 0 Å². The van der Waals surface area contributed by atoms with Crippen LogP contribution in [0.2, 0.25) is 0 Å². The molecule has 0 spiro atoms. The number of benzene rings is 1. The summed E-state index contributed by atoms with van der Waals surface area (Å²) in [6.07, 6.45) is 1.03. The molecule has 1 aromatic heterocycles. The summed E-state index contributed by atoms with van der Waals surface area (Å²) < 4.78 is 7.27. The SMILES string of the molecule is COC1CCN(C(=O)c2sc3cccc(Br)c3c2N)C1. The van der Waals surface area contributed by atoms with Crippen LogP contribution in [0.15, 0.2) is 22.7 Å². The number of fused-ring (bicyclic) bond motifs is 1. The van der Waals surface area contributed by atoms with E-state index in [9.17, 15) is 4.79 Å². The molecule has 0 saturated carbocycles. The zero-order chi connectivity index (χ0) is 14.3. The summed E-state index contributed by atoms with van der Waals surface area (Å²) in [5.41, 5.74) is 6.75. The maximum atomic E-state index is 12.6. The third kappa shape index (κ3) is 2.21. The van der Waals surface area contributed by atoms with Crippen molar-refractivity contribution >= 4 is 48.9 Å². The molecule has 1 atom stereocenters. The van der Waals surface area contributed by atoms with Crippen molar-refractivity contribution in [2.75, 3.05) is 25.9 Å². The van der Waals surface area contributed by atoms with Gasteiger partial charge >= 0.3 is 0 Å². The number of carbonyl (C=O) groups excluding carboxylic acids is 1. The van der Waals surface area contributed by atoms with E-state index in [2.05, 4.69) is 15.9 Å². The van der Waals surface area contributed by atoms with Crippen molar-refractivity contribution in [3.8, 4) is 0 Å². The lowest BCUT2D eigenvalue weighted by Crippen LogP contribution is -2.29. The summed E-state index contributed by atoms with van der Waals surface area (Å²) in [6, 6.07) is 5.88. The first-order chi connectivity index (χ1) is 9.61. The van der Waals surface area contributed by atoms with E-state index in [1.54, 1.807) is 7.11 Å². The summed E-state index contributed by atoms with van der Waals surface area (Å²) in [5.74, 6) is 0.00940. The molecule has 1 unspecified atom stereocenters. The molecule has 0 aliphatic carbocycles. The van der Waals surface area contributed by atoms with Crippen LogP contribution in [-0.4, -0.2) is 37.1 Å². The number of rotatable bonds is 2. The highest BCUT2D eigenvalue weighted by atomic mass is 79.9. The number of ether oxygens (including phenoxy) is 1. The van der Waals surface area contributed by atoms with Gasteiger partial charge in [-0.1, -0.05) is 22.0 Å². The molecular formula is C14H15BrN2O2S. The zero-order valence-electron chi connectivity index (χ0n) is 11.1. The fourth-order valence-corrected chi connectivity index (χ4v) is 4.36. The maximum Gasteiger partial charge on any atom is 0.266 e. The van der Waals surface area contributed by atoms with Crippen molar-refractivity contribution in [1.29, 1.82) is 0 Å². The molecule has 1 amide bonds. The standard InChI is InChI=1S/C14H15BrN2O2S/c1-19-8-5-6-17(7-8)14(18)13-12(16)11-9(15)3-2-4-10(11)20-13/h2-4,8H,5-7,16H2,1H3. The second kappa shape index (κ2) is 5.35. The Balaban J connectivity index is 1.96. The van der Waals surface area contributed by atoms with Gasteiger partial charge in [-0.25, -0.2) is 0 Å². The molecule has 0 radical (unpaired) electrons. The molecular weight excluding hydrogens is 340 g/mol. The average Bonchev–Trinajstić information content (AvgIpc) is 3.04. The van der Waals surface area contributed by atoms with Gasteiger partial charge in [-0.3, -0.25) is 4.79 Å². The number of anilines is 1. The molecule has 3 rings (SSSR count). The molecule has 2 N–H and O–H groups in total. The van der Waals surface area contributed by atoms with Crippen LogP contribution in [0.3, 0.4) is 0 Å². The van der Waals surface area contributed by atoms with Gasteiger partial charge in [0, 0.05) is 34.8 Å². The van der Waals surface area contributed by atoms with Crippen molar-refractivity contribution in [1.82, 2.24) is 4.90 Å². The number of amides is 1. The van der Waals surface area contributed by atoms with Crippen molar-refractivity contribution in [2.45, 2.75) is 12.5 Å². The number of methoxy groups -OCH3 is 1. The van der Waals surface area contributed by atoms with Crippen molar-refractivity contribution < 1.29 is 9.53 Å². The second-order valence-corrected chi connectivity index (χ2v) is 6.76. The fraction of sp³-hybridized carbons (Fsp3) is 0.357. The van der Waals surface area contributed by atoms with Gasteiger partial charge in [0.05, 0.1) is 11.8 Å². The van der Waals surface area contributed by atoms with Gasteiger partial charge in [-0.05, 0) is 18.6 Å². The summed E-state index contributed by atoms with van der Waals surface area (Å²) in [5, 5.41) is 0.934. The Morgan fingerprint density at radius 3 is 3.00 bits per heavy atom. The lowest BCUT2D eigenvalue weighted by atomic mass is 10.2. The second-order valence-electron chi connectivity index (χ2n) is 4.86. The molecule has 1 fully saturated rings. The Hall–Kier alpha value is -1.11. The van der Waals surface area contributed by atoms with Crippen molar-refractivity contribution in [3.63, 3.8) is 0 Å². The van der Waals surface area contributed by atoms with Crippen LogP contribution in [0.4, 0.5) is 5.69 Å². The molecule has 2 aromatic rings. The van der Waals surface area contributed by atoms with Gasteiger partial charge in [0.15, 0.2) is 0 Å². The van der Waals surface area contributed by atoms with Crippen molar-refractivity contribution in [2.24, 2.45) is 0 Å². The Morgan fingerprint density at radius 2 is 2.35 bits per heavy atom. The van der Waals surface area contributed by atoms with Gasteiger partial charge in [-0.2, -0.15) is 0 Å². The van der Waals surface area contributed by atoms with Gasteiger partial charge < -0.3 is 15.4 Å². The highest BCUT2D eigenvalue weighted by Crippen LogP contribution is 2.39. The first kappa shape index (κ1) is 13.9. The molecule has 0 bridgehead atoms. The number of halogens is 1. The quantitative estimate of drug-likeness (QED) is 0.901. The summed E-state index contributed by atoms with van der Waals surface area (Å²) in [6.45, 7) is 1.37. The number of carbonyl (C=O) groups is 1. The van der Waals surface area contributed by atoms with Crippen LogP contribution in [-0.2, 0) is 4.74 Å². The number of nitrogens with zero attached hydrogens (tertiary/aromatic N) is 1. The van der Waals surface area contributed by atoms with E-state index in [4.69, 9.17) is 10.5 Å². The molecule has 1 aliphatic rings. The molecule has 4 nitrogen and oxygen atoms in total. The summed E-state index contributed by atoms with van der Waals surface area (Å²) >= 11 is 4.95. The van der Waals surface area contributed by atoms with Crippen LogP contribution >= 0.6 is 27.3 Å². The van der Waals surface area contributed by atoms with Gasteiger partial charge in [0.2, 0.25) is 0 Å². The highest BCUT2D eigenvalue weighted by Gasteiger charge is 2.29. The Bertz CT molecular complexity index is 670. The summed E-state index contributed by atoms with van der Waals surface area (Å²) in [4.78, 5) is 15.0. The van der Waals surface area contributed by atoms with E-state index < -0.39 is 0 Å². The molecule has 1 aliphatic heterocycles. The fourth-order valence-electron chi connectivity index (χ4n) is 2.54. The Kier molecular flexibility index (Phi) is 3.70. The average molecular weight is 355 g/mol. The predicted octanol–water partition coefficient (Wildman–Crippen LogP) is 3.11.